The molecule has 1 rings (SSSR count). The SMILES string of the molecule is CN(C)C[C@H]1CC(F)(F)CN1C(C)(C)C. The Morgan fingerprint density at radius 3 is 2.27 bits per heavy atom. The Morgan fingerprint density at radius 1 is 1.33 bits per heavy atom. The summed E-state index contributed by atoms with van der Waals surface area (Å²) in [4.78, 5) is 3.90. The van der Waals surface area contributed by atoms with E-state index in [1.165, 1.54) is 0 Å². The van der Waals surface area contributed by atoms with Gasteiger partial charge in [0.25, 0.3) is 5.92 Å². The van der Waals surface area contributed by atoms with E-state index in [4.69, 9.17) is 0 Å². The summed E-state index contributed by atoms with van der Waals surface area (Å²) in [6.07, 6.45) is -0.0115. The molecule has 1 saturated heterocycles. The van der Waals surface area contributed by atoms with Gasteiger partial charge in [-0.25, -0.2) is 8.78 Å². The Bertz CT molecular complexity index is 221. The number of halogens is 2. The van der Waals surface area contributed by atoms with Crippen LogP contribution in [0.5, 0.6) is 0 Å². The zero-order valence-electron chi connectivity index (χ0n) is 10.3. The number of nitrogens with zero attached hydrogens (tertiary/aromatic N) is 2. The van der Waals surface area contributed by atoms with Crippen LogP contribution in [0.2, 0.25) is 0 Å². The van der Waals surface area contributed by atoms with Crippen LogP contribution < -0.4 is 0 Å². The van der Waals surface area contributed by atoms with E-state index in [1.807, 2.05) is 44.7 Å². The maximum absolute atomic E-state index is 13.4. The molecule has 90 valence electrons. The van der Waals surface area contributed by atoms with Crippen molar-refractivity contribution in [2.45, 2.75) is 44.7 Å². The lowest BCUT2D eigenvalue weighted by Gasteiger charge is -2.37. The Labute approximate surface area is 91.2 Å². The van der Waals surface area contributed by atoms with Crippen LogP contribution in [-0.4, -0.2) is 54.5 Å². The number of rotatable bonds is 2. The maximum atomic E-state index is 13.4. The van der Waals surface area contributed by atoms with E-state index in [0.717, 1.165) is 0 Å². The van der Waals surface area contributed by atoms with Gasteiger partial charge in [0.05, 0.1) is 6.54 Å². The molecule has 0 aromatic heterocycles. The fraction of sp³-hybridized carbons (Fsp3) is 1.00. The van der Waals surface area contributed by atoms with Gasteiger partial charge in [0.1, 0.15) is 0 Å². The smallest absolute Gasteiger partial charge is 0.262 e. The average molecular weight is 220 g/mol. The molecular formula is C11H22F2N2. The highest BCUT2D eigenvalue weighted by Crippen LogP contribution is 2.36. The highest BCUT2D eigenvalue weighted by atomic mass is 19.3. The van der Waals surface area contributed by atoms with E-state index < -0.39 is 5.92 Å². The minimum absolute atomic E-state index is 0.0115. The van der Waals surface area contributed by atoms with Crippen molar-refractivity contribution in [3.63, 3.8) is 0 Å². The summed E-state index contributed by atoms with van der Waals surface area (Å²) in [6, 6.07) is -0.0324. The Kier molecular flexibility index (Phi) is 3.41. The predicted octanol–water partition coefficient (Wildman–Crippen LogP) is 2.06. The van der Waals surface area contributed by atoms with Gasteiger partial charge in [-0.15, -0.1) is 0 Å². The lowest BCUT2D eigenvalue weighted by atomic mass is 10.0. The van der Waals surface area contributed by atoms with Crippen molar-refractivity contribution < 1.29 is 8.78 Å². The lowest BCUT2D eigenvalue weighted by molar-refractivity contribution is 0.00126. The van der Waals surface area contributed by atoms with Gasteiger partial charge in [0, 0.05) is 24.5 Å². The van der Waals surface area contributed by atoms with Crippen LogP contribution in [0.4, 0.5) is 8.78 Å². The van der Waals surface area contributed by atoms with E-state index in [-0.39, 0.29) is 24.5 Å². The second-order valence-corrected chi connectivity index (χ2v) is 5.77. The fourth-order valence-electron chi connectivity index (χ4n) is 2.27. The van der Waals surface area contributed by atoms with Crippen molar-refractivity contribution >= 4 is 0 Å². The van der Waals surface area contributed by atoms with Gasteiger partial charge >= 0.3 is 0 Å². The standard InChI is InChI=1S/C11H22F2N2/c1-10(2,3)15-8-11(12,13)6-9(15)7-14(4)5/h9H,6-8H2,1-5H3/t9-/m1/s1. The monoisotopic (exact) mass is 220 g/mol. The fourth-order valence-corrected chi connectivity index (χ4v) is 2.27. The van der Waals surface area contributed by atoms with E-state index >= 15 is 0 Å². The lowest BCUT2D eigenvalue weighted by Crippen LogP contribution is -2.48. The second-order valence-electron chi connectivity index (χ2n) is 5.77. The van der Waals surface area contributed by atoms with E-state index in [0.29, 0.717) is 6.54 Å². The van der Waals surface area contributed by atoms with E-state index in [9.17, 15) is 8.78 Å². The minimum atomic E-state index is -2.52. The third-order valence-corrected chi connectivity index (χ3v) is 2.81. The van der Waals surface area contributed by atoms with Gasteiger partial charge in [-0.05, 0) is 34.9 Å². The van der Waals surface area contributed by atoms with E-state index in [2.05, 4.69) is 0 Å². The van der Waals surface area contributed by atoms with Gasteiger partial charge in [-0.2, -0.15) is 0 Å². The summed E-state index contributed by atoms with van der Waals surface area (Å²) in [6.45, 7) is 6.59. The molecule has 0 radical (unpaired) electrons. The number of hydrogen-bond donors (Lipinski definition) is 0. The van der Waals surface area contributed by atoms with Crippen LogP contribution >= 0.6 is 0 Å². The summed E-state index contributed by atoms with van der Waals surface area (Å²) in [5.74, 6) is -2.52. The van der Waals surface area contributed by atoms with Crippen LogP contribution in [0.1, 0.15) is 27.2 Å². The summed E-state index contributed by atoms with van der Waals surface area (Å²) >= 11 is 0. The van der Waals surface area contributed by atoms with Gasteiger partial charge in [0.2, 0.25) is 0 Å². The number of likely N-dealkylation sites (tertiary alicyclic amines) is 1. The average Bonchev–Trinajstić information content (AvgIpc) is 2.22. The highest BCUT2D eigenvalue weighted by molar-refractivity contribution is 4.96. The normalized spacial score (nSPS) is 27.6. The predicted molar refractivity (Wildman–Crippen MR) is 58.4 cm³/mol. The Morgan fingerprint density at radius 2 is 1.87 bits per heavy atom. The molecular weight excluding hydrogens is 198 g/mol. The van der Waals surface area contributed by atoms with Gasteiger partial charge in [0.15, 0.2) is 0 Å². The van der Waals surface area contributed by atoms with Crippen LogP contribution in [0.15, 0.2) is 0 Å². The van der Waals surface area contributed by atoms with Gasteiger partial charge in [-0.3, -0.25) is 4.90 Å². The zero-order chi connectivity index (χ0) is 11.9. The molecule has 0 N–H and O–H groups in total. The molecule has 1 fully saturated rings. The molecule has 1 heterocycles. The molecule has 4 heteroatoms. The second kappa shape index (κ2) is 3.98. The number of hydrogen-bond acceptors (Lipinski definition) is 2. The van der Waals surface area contributed by atoms with Crippen LogP contribution in [0, 0.1) is 0 Å². The van der Waals surface area contributed by atoms with Crippen molar-refractivity contribution in [3.05, 3.63) is 0 Å². The molecule has 1 aliphatic rings. The molecule has 2 nitrogen and oxygen atoms in total. The first-order chi connectivity index (χ1) is 6.62. The molecule has 0 bridgehead atoms. The summed E-state index contributed by atoms with van der Waals surface area (Å²) in [5, 5.41) is 0. The van der Waals surface area contributed by atoms with Crippen LogP contribution in [0.25, 0.3) is 0 Å². The van der Waals surface area contributed by atoms with Crippen molar-refractivity contribution in [1.29, 1.82) is 0 Å². The number of likely N-dealkylation sites (N-methyl/N-ethyl adjacent to an activating group) is 1. The van der Waals surface area contributed by atoms with Gasteiger partial charge in [-0.1, -0.05) is 0 Å². The Hall–Kier alpha value is -0.220. The largest absolute Gasteiger partial charge is 0.308 e. The molecule has 0 amide bonds. The first-order valence-corrected chi connectivity index (χ1v) is 5.41. The van der Waals surface area contributed by atoms with E-state index in [1.54, 1.807) is 0 Å². The molecule has 1 atom stereocenters. The van der Waals surface area contributed by atoms with Gasteiger partial charge < -0.3 is 4.90 Å². The zero-order valence-corrected chi connectivity index (χ0v) is 10.3. The highest BCUT2D eigenvalue weighted by Gasteiger charge is 2.48. The number of alkyl halides is 2. The van der Waals surface area contributed by atoms with Crippen molar-refractivity contribution in [1.82, 2.24) is 9.80 Å². The molecule has 0 saturated carbocycles. The first-order valence-electron chi connectivity index (χ1n) is 5.41. The summed E-state index contributed by atoms with van der Waals surface area (Å²) < 4.78 is 26.7. The first kappa shape index (κ1) is 12.8. The minimum Gasteiger partial charge on any atom is -0.308 e. The van der Waals surface area contributed by atoms with Crippen LogP contribution in [0.3, 0.4) is 0 Å². The van der Waals surface area contributed by atoms with Crippen molar-refractivity contribution in [2.75, 3.05) is 27.2 Å². The molecule has 0 aliphatic carbocycles. The third kappa shape index (κ3) is 3.38. The molecule has 0 unspecified atom stereocenters. The Balaban J connectivity index is 2.75. The molecule has 0 aromatic rings. The molecule has 15 heavy (non-hydrogen) atoms. The maximum Gasteiger partial charge on any atom is 0.262 e. The van der Waals surface area contributed by atoms with Crippen LogP contribution in [-0.2, 0) is 0 Å². The third-order valence-electron chi connectivity index (χ3n) is 2.81. The quantitative estimate of drug-likeness (QED) is 0.703. The molecule has 0 spiro atoms. The van der Waals surface area contributed by atoms with Crippen molar-refractivity contribution in [3.8, 4) is 0 Å². The summed E-state index contributed by atoms with van der Waals surface area (Å²) in [5.41, 5.74) is -0.180. The molecule has 0 aromatic carbocycles. The van der Waals surface area contributed by atoms with Crippen molar-refractivity contribution in [2.24, 2.45) is 0 Å². The topological polar surface area (TPSA) is 6.48 Å². The summed E-state index contributed by atoms with van der Waals surface area (Å²) in [7, 11) is 3.86. The molecule has 1 aliphatic heterocycles.